The van der Waals surface area contributed by atoms with Crippen LogP contribution in [0.25, 0.3) is 11.2 Å². The van der Waals surface area contributed by atoms with E-state index in [2.05, 4.69) is 57.0 Å². The maximum atomic E-state index is 5.89. The first-order valence-corrected chi connectivity index (χ1v) is 12.6. The number of pyridine rings is 1. The summed E-state index contributed by atoms with van der Waals surface area (Å²) in [5.41, 5.74) is 8.91. The van der Waals surface area contributed by atoms with Crippen LogP contribution in [0.15, 0.2) is 42.8 Å². The highest BCUT2D eigenvalue weighted by Crippen LogP contribution is 2.29. The maximum absolute atomic E-state index is 5.89. The highest BCUT2D eigenvalue weighted by molar-refractivity contribution is 5.73. The Hall–Kier alpha value is -2.51. The van der Waals surface area contributed by atoms with Crippen molar-refractivity contribution in [1.29, 1.82) is 0 Å². The summed E-state index contributed by atoms with van der Waals surface area (Å²) in [4.78, 5) is 4.78. The predicted octanol–water partition coefficient (Wildman–Crippen LogP) is 6.90. The Morgan fingerprint density at radius 2 is 1.88 bits per heavy atom. The van der Waals surface area contributed by atoms with Crippen molar-refractivity contribution in [3.63, 3.8) is 0 Å². The predicted molar refractivity (Wildman–Crippen MR) is 141 cm³/mol. The average Bonchev–Trinajstić information content (AvgIpc) is 3.50. The van der Waals surface area contributed by atoms with Crippen molar-refractivity contribution in [3.05, 3.63) is 48.4 Å². The van der Waals surface area contributed by atoms with Gasteiger partial charge in [-0.15, -0.1) is 0 Å². The van der Waals surface area contributed by atoms with Crippen LogP contribution < -0.4 is 10.5 Å². The Bertz CT molecular complexity index is 965. The highest BCUT2D eigenvalue weighted by Gasteiger charge is 2.22. The molecule has 1 fully saturated rings. The molecule has 1 unspecified atom stereocenters. The third kappa shape index (κ3) is 9.88. The molecule has 2 aliphatic carbocycles. The molecule has 1 saturated carbocycles. The van der Waals surface area contributed by atoms with Crippen molar-refractivity contribution in [2.45, 2.75) is 79.7 Å². The van der Waals surface area contributed by atoms with Gasteiger partial charge in [0.05, 0.1) is 18.5 Å². The minimum Gasteiger partial charge on any atom is -0.492 e. The summed E-state index contributed by atoms with van der Waals surface area (Å²) in [6, 6.07) is 4.24. The molecule has 33 heavy (non-hydrogen) atoms. The van der Waals surface area contributed by atoms with E-state index in [1.54, 1.807) is 0 Å². The lowest BCUT2D eigenvalue weighted by Crippen LogP contribution is -2.15. The summed E-state index contributed by atoms with van der Waals surface area (Å²) in [6.45, 7) is 13.4. The molecule has 2 aliphatic rings. The monoisotopic (exact) mass is 449 g/mol. The zero-order valence-corrected chi connectivity index (χ0v) is 21.5. The van der Waals surface area contributed by atoms with Crippen molar-refractivity contribution in [1.82, 2.24) is 9.38 Å². The van der Waals surface area contributed by atoms with Crippen LogP contribution in [0.3, 0.4) is 0 Å². The number of imidazole rings is 1. The lowest BCUT2D eigenvalue weighted by molar-refractivity contribution is 0.298. The number of allylic oxidation sites excluding steroid dienone is 4. The van der Waals surface area contributed by atoms with E-state index in [9.17, 15) is 0 Å². The Morgan fingerprint density at radius 3 is 2.55 bits per heavy atom. The van der Waals surface area contributed by atoms with Crippen LogP contribution in [0.5, 0.6) is 5.75 Å². The van der Waals surface area contributed by atoms with Crippen LogP contribution in [0.4, 0.5) is 0 Å². The molecule has 2 aromatic rings. The van der Waals surface area contributed by atoms with E-state index >= 15 is 0 Å². The Kier molecular flexibility index (Phi) is 11.3. The summed E-state index contributed by atoms with van der Waals surface area (Å²) in [6.07, 6.45) is 15.9. The van der Waals surface area contributed by atoms with Gasteiger partial charge in [-0.25, -0.2) is 4.98 Å². The SMILES string of the molecule is CC.CC(C)C.C[C@H](N)CCC1C#CC/C=C(c2cn3cc(OCC4CC4)ccc3n2)\C=C/1. The molecule has 0 aliphatic heterocycles. The van der Waals surface area contributed by atoms with Crippen molar-refractivity contribution in [3.8, 4) is 17.6 Å². The van der Waals surface area contributed by atoms with E-state index in [1.165, 1.54) is 12.8 Å². The molecular formula is C29H43N3O. The van der Waals surface area contributed by atoms with Crippen LogP contribution in [0.1, 0.15) is 79.3 Å². The lowest BCUT2D eigenvalue weighted by Gasteiger charge is -2.09. The molecule has 0 spiro atoms. The molecule has 180 valence electrons. The molecule has 0 amide bonds. The van der Waals surface area contributed by atoms with Crippen molar-refractivity contribution < 1.29 is 4.74 Å². The van der Waals surface area contributed by atoms with E-state index in [1.807, 2.05) is 43.5 Å². The summed E-state index contributed by atoms with van der Waals surface area (Å²) < 4.78 is 7.93. The van der Waals surface area contributed by atoms with Gasteiger partial charge in [-0.2, -0.15) is 0 Å². The number of hydrogen-bond acceptors (Lipinski definition) is 3. The zero-order valence-electron chi connectivity index (χ0n) is 21.5. The third-order valence-corrected chi connectivity index (χ3v) is 5.05. The molecule has 4 heteroatoms. The number of nitrogens with two attached hydrogens (primary N) is 1. The van der Waals surface area contributed by atoms with Crippen LogP contribution in [-0.2, 0) is 0 Å². The number of nitrogens with zero attached hydrogens (tertiary/aromatic N) is 2. The van der Waals surface area contributed by atoms with Crippen LogP contribution in [0.2, 0.25) is 0 Å². The van der Waals surface area contributed by atoms with Gasteiger partial charge in [-0.3, -0.25) is 0 Å². The van der Waals surface area contributed by atoms with Crippen molar-refractivity contribution in [2.75, 3.05) is 6.61 Å². The standard InChI is InChI=1S/C23H27N3O.C4H10.C2H6/c1-17(24)6-7-18-4-2-3-5-20(11-10-18)22-15-26-14-21(12-13-23(26)25-22)27-16-19-8-9-19;1-4(2)3;1-2/h5,10-15,17-19H,3,6-9,16,24H2,1H3;4H,1-3H3;1-2H3/b11-10-,20-5+;;/t17-,18?;;/m0../s1. The molecule has 2 atom stereocenters. The van der Waals surface area contributed by atoms with Gasteiger partial charge in [0.2, 0.25) is 0 Å². The smallest absolute Gasteiger partial charge is 0.137 e. The Morgan fingerprint density at radius 1 is 1.15 bits per heavy atom. The first kappa shape index (κ1) is 26.7. The number of aromatic nitrogens is 2. The van der Waals surface area contributed by atoms with E-state index in [0.29, 0.717) is 0 Å². The minimum absolute atomic E-state index is 0.218. The van der Waals surface area contributed by atoms with Crippen LogP contribution in [-0.4, -0.2) is 22.0 Å². The molecule has 2 heterocycles. The first-order valence-electron chi connectivity index (χ1n) is 12.6. The molecule has 0 radical (unpaired) electrons. The number of hydrogen-bond donors (Lipinski definition) is 1. The second kappa shape index (κ2) is 13.9. The zero-order chi connectivity index (χ0) is 24.2. The van der Waals surface area contributed by atoms with Gasteiger partial charge in [-0.1, -0.05) is 64.7 Å². The molecule has 0 bridgehead atoms. The molecule has 0 aromatic carbocycles. The summed E-state index contributed by atoms with van der Waals surface area (Å²) in [7, 11) is 0. The molecule has 2 N–H and O–H groups in total. The van der Waals surface area contributed by atoms with Gasteiger partial charge in [0.25, 0.3) is 0 Å². The van der Waals surface area contributed by atoms with E-state index in [0.717, 1.165) is 60.4 Å². The van der Waals surface area contributed by atoms with E-state index in [4.69, 9.17) is 15.5 Å². The minimum atomic E-state index is 0.218. The number of ether oxygens (including phenoxy) is 1. The second-order valence-electron chi connectivity index (χ2n) is 9.45. The first-order chi connectivity index (χ1) is 15.9. The molecule has 4 nitrogen and oxygen atoms in total. The Labute approximate surface area is 201 Å². The van der Waals surface area contributed by atoms with Crippen LogP contribution >= 0.6 is 0 Å². The summed E-state index contributed by atoms with van der Waals surface area (Å²) in [5.74, 6) is 9.35. The van der Waals surface area contributed by atoms with Gasteiger partial charge < -0.3 is 14.9 Å². The van der Waals surface area contributed by atoms with Crippen LogP contribution in [0, 0.1) is 29.6 Å². The number of fused-ring (bicyclic) bond motifs is 1. The second-order valence-corrected chi connectivity index (χ2v) is 9.45. The molecule has 2 aromatic heterocycles. The normalized spacial score (nSPS) is 20.5. The third-order valence-electron chi connectivity index (χ3n) is 5.05. The van der Waals surface area contributed by atoms with Gasteiger partial charge >= 0.3 is 0 Å². The van der Waals surface area contributed by atoms with Gasteiger partial charge in [0.15, 0.2) is 0 Å². The fraction of sp³-hybridized carbons (Fsp3) is 0.552. The molecule has 0 saturated heterocycles. The van der Waals surface area contributed by atoms with Gasteiger partial charge in [0, 0.05) is 24.6 Å². The average molecular weight is 450 g/mol. The van der Waals surface area contributed by atoms with E-state index in [-0.39, 0.29) is 12.0 Å². The number of rotatable bonds is 7. The quantitative estimate of drug-likeness (QED) is 0.468. The van der Waals surface area contributed by atoms with Crippen molar-refractivity contribution in [2.24, 2.45) is 23.5 Å². The summed E-state index contributed by atoms with van der Waals surface area (Å²) >= 11 is 0. The summed E-state index contributed by atoms with van der Waals surface area (Å²) in [5, 5.41) is 0. The largest absolute Gasteiger partial charge is 0.492 e. The fourth-order valence-electron chi connectivity index (χ4n) is 3.18. The maximum Gasteiger partial charge on any atom is 0.137 e. The topological polar surface area (TPSA) is 52.5 Å². The highest BCUT2D eigenvalue weighted by atomic mass is 16.5. The van der Waals surface area contributed by atoms with E-state index < -0.39 is 0 Å². The molecular weight excluding hydrogens is 406 g/mol. The fourth-order valence-corrected chi connectivity index (χ4v) is 3.18. The van der Waals surface area contributed by atoms with Gasteiger partial charge in [-0.05, 0) is 62.1 Å². The lowest BCUT2D eigenvalue weighted by atomic mass is 9.97. The molecule has 4 rings (SSSR count). The Balaban J connectivity index is 0.000000582. The van der Waals surface area contributed by atoms with Crippen molar-refractivity contribution >= 4 is 11.2 Å². The van der Waals surface area contributed by atoms with Gasteiger partial charge in [0.1, 0.15) is 11.4 Å².